The van der Waals surface area contributed by atoms with Crippen molar-refractivity contribution in [2.75, 3.05) is 0 Å². The second-order valence-corrected chi connectivity index (χ2v) is 5.52. The van der Waals surface area contributed by atoms with Crippen LogP contribution in [-0.4, -0.2) is 9.97 Å². The Bertz CT molecular complexity index is 670. The Labute approximate surface area is 116 Å². The maximum absolute atomic E-state index is 6.00. The highest BCUT2D eigenvalue weighted by Gasteiger charge is 2.10. The maximum atomic E-state index is 6.00. The van der Waals surface area contributed by atoms with Crippen LogP contribution in [0, 0.1) is 0 Å². The van der Waals surface area contributed by atoms with E-state index in [9.17, 15) is 0 Å². The highest BCUT2D eigenvalue weighted by atomic mass is 32.2. The second-order valence-electron chi connectivity index (χ2n) is 4.49. The summed E-state index contributed by atoms with van der Waals surface area (Å²) in [5.74, 6) is 0. The first-order valence-corrected chi connectivity index (χ1v) is 7.03. The van der Waals surface area contributed by atoms with E-state index in [2.05, 4.69) is 22.1 Å². The van der Waals surface area contributed by atoms with Crippen LogP contribution in [0.4, 0.5) is 0 Å². The number of imidazole rings is 1. The van der Waals surface area contributed by atoms with E-state index in [1.807, 2.05) is 43.3 Å². The molecule has 0 bridgehead atoms. The SMILES string of the molecule is C[C@H](N)c1ccccc1Sc1nc2ccccc2[nH]1. The second kappa shape index (κ2) is 5.07. The minimum absolute atomic E-state index is 0.0214. The molecule has 3 aromatic rings. The Kier molecular flexibility index (Phi) is 3.27. The lowest BCUT2D eigenvalue weighted by atomic mass is 10.1. The number of H-pyrrole nitrogens is 1. The van der Waals surface area contributed by atoms with Crippen molar-refractivity contribution in [3.8, 4) is 0 Å². The highest BCUT2D eigenvalue weighted by Crippen LogP contribution is 2.31. The van der Waals surface area contributed by atoms with Gasteiger partial charge in [-0.15, -0.1) is 0 Å². The van der Waals surface area contributed by atoms with Gasteiger partial charge in [0.05, 0.1) is 11.0 Å². The van der Waals surface area contributed by atoms with Gasteiger partial charge in [-0.3, -0.25) is 0 Å². The third-order valence-corrected chi connectivity index (χ3v) is 3.96. The molecule has 0 radical (unpaired) electrons. The average molecular weight is 269 g/mol. The van der Waals surface area contributed by atoms with E-state index in [4.69, 9.17) is 5.73 Å². The van der Waals surface area contributed by atoms with E-state index in [0.717, 1.165) is 26.6 Å². The normalized spacial score (nSPS) is 12.7. The Balaban J connectivity index is 1.97. The van der Waals surface area contributed by atoms with E-state index in [1.165, 1.54) is 0 Å². The molecule has 3 N–H and O–H groups in total. The number of aromatic amines is 1. The lowest BCUT2D eigenvalue weighted by Crippen LogP contribution is -2.06. The molecule has 0 fully saturated rings. The van der Waals surface area contributed by atoms with Crippen molar-refractivity contribution in [2.45, 2.75) is 23.0 Å². The summed E-state index contributed by atoms with van der Waals surface area (Å²) in [4.78, 5) is 9.05. The summed E-state index contributed by atoms with van der Waals surface area (Å²) in [5, 5.41) is 0.898. The third kappa shape index (κ3) is 2.50. The number of aromatic nitrogens is 2. The van der Waals surface area contributed by atoms with Gasteiger partial charge in [0, 0.05) is 10.9 Å². The first-order chi connectivity index (χ1) is 9.24. The summed E-state index contributed by atoms with van der Waals surface area (Å²) < 4.78 is 0. The van der Waals surface area contributed by atoms with E-state index in [1.54, 1.807) is 11.8 Å². The quantitative estimate of drug-likeness (QED) is 0.761. The molecule has 4 heteroatoms. The molecular weight excluding hydrogens is 254 g/mol. The number of nitrogens with two attached hydrogens (primary N) is 1. The van der Waals surface area contributed by atoms with Gasteiger partial charge in [0.15, 0.2) is 5.16 Å². The Morgan fingerprint density at radius 2 is 1.84 bits per heavy atom. The summed E-state index contributed by atoms with van der Waals surface area (Å²) in [7, 11) is 0. The largest absolute Gasteiger partial charge is 0.333 e. The topological polar surface area (TPSA) is 54.7 Å². The number of benzene rings is 2. The maximum Gasteiger partial charge on any atom is 0.171 e. The fourth-order valence-corrected chi connectivity index (χ4v) is 3.06. The van der Waals surface area contributed by atoms with Crippen LogP contribution in [0.15, 0.2) is 58.6 Å². The monoisotopic (exact) mass is 269 g/mol. The zero-order chi connectivity index (χ0) is 13.2. The van der Waals surface area contributed by atoms with Crippen molar-refractivity contribution in [3.63, 3.8) is 0 Å². The molecule has 1 atom stereocenters. The number of rotatable bonds is 3. The van der Waals surface area contributed by atoms with Crippen molar-refractivity contribution in [1.82, 2.24) is 9.97 Å². The number of nitrogens with one attached hydrogen (secondary N) is 1. The molecule has 0 aliphatic carbocycles. The van der Waals surface area contributed by atoms with Crippen molar-refractivity contribution >= 4 is 22.8 Å². The molecule has 0 aliphatic rings. The summed E-state index contributed by atoms with van der Waals surface area (Å²) in [6.07, 6.45) is 0. The standard InChI is InChI=1S/C15H15N3S/c1-10(16)11-6-2-5-9-14(11)19-15-17-12-7-3-4-8-13(12)18-15/h2-10H,16H2,1H3,(H,17,18)/t10-/m0/s1. The van der Waals surface area contributed by atoms with E-state index >= 15 is 0 Å². The highest BCUT2D eigenvalue weighted by molar-refractivity contribution is 7.99. The first kappa shape index (κ1) is 12.3. The van der Waals surface area contributed by atoms with Gasteiger partial charge in [-0.1, -0.05) is 42.1 Å². The molecule has 1 heterocycles. The van der Waals surface area contributed by atoms with Crippen LogP contribution in [-0.2, 0) is 0 Å². The summed E-state index contributed by atoms with van der Waals surface area (Å²) in [5.41, 5.74) is 9.19. The average Bonchev–Trinajstić information content (AvgIpc) is 2.81. The molecule has 96 valence electrons. The molecule has 0 unspecified atom stereocenters. The van der Waals surface area contributed by atoms with Crippen molar-refractivity contribution in [1.29, 1.82) is 0 Å². The summed E-state index contributed by atoms with van der Waals surface area (Å²) in [6, 6.07) is 16.2. The van der Waals surface area contributed by atoms with Crippen LogP contribution in [0.25, 0.3) is 11.0 Å². The molecule has 0 aliphatic heterocycles. The predicted octanol–water partition coefficient (Wildman–Crippen LogP) is 3.73. The van der Waals surface area contributed by atoms with Gasteiger partial charge >= 0.3 is 0 Å². The summed E-state index contributed by atoms with van der Waals surface area (Å²) >= 11 is 1.62. The van der Waals surface area contributed by atoms with Crippen molar-refractivity contribution in [3.05, 3.63) is 54.1 Å². The predicted molar refractivity (Wildman–Crippen MR) is 79.3 cm³/mol. The molecule has 0 saturated carbocycles. The molecule has 2 aromatic carbocycles. The van der Waals surface area contributed by atoms with Crippen LogP contribution in [0.5, 0.6) is 0 Å². The molecule has 3 nitrogen and oxygen atoms in total. The van der Waals surface area contributed by atoms with Crippen molar-refractivity contribution < 1.29 is 0 Å². The van der Waals surface area contributed by atoms with Crippen LogP contribution >= 0.6 is 11.8 Å². The fraction of sp³-hybridized carbons (Fsp3) is 0.133. The van der Waals surface area contributed by atoms with E-state index in [-0.39, 0.29) is 6.04 Å². The van der Waals surface area contributed by atoms with Gasteiger partial charge in [0.25, 0.3) is 0 Å². The number of para-hydroxylation sites is 2. The van der Waals surface area contributed by atoms with E-state index < -0.39 is 0 Å². The molecular formula is C15H15N3S. The molecule has 3 rings (SSSR count). The Morgan fingerprint density at radius 1 is 1.11 bits per heavy atom. The zero-order valence-corrected chi connectivity index (χ0v) is 11.4. The Hall–Kier alpha value is -1.78. The van der Waals surface area contributed by atoms with Crippen LogP contribution in [0.2, 0.25) is 0 Å². The Morgan fingerprint density at radius 3 is 2.63 bits per heavy atom. The minimum atomic E-state index is 0.0214. The molecule has 0 saturated heterocycles. The zero-order valence-electron chi connectivity index (χ0n) is 10.6. The molecule has 0 spiro atoms. The fourth-order valence-electron chi connectivity index (χ4n) is 2.03. The van der Waals surface area contributed by atoms with Gasteiger partial charge in [-0.25, -0.2) is 4.98 Å². The van der Waals surface area contributed by atoms with Crippen LogP contribution in [0.1, 0.15) is 18.5 Å². The van der Waals surface area contributed by atoms with Gasteiger partial charge < -0.3 is 10.7 Å². The first-order valence-electron chi connectivity index (χ1n) is 6.21. The van der Waals surface area contributed by atoms with E-state index in [0.29, 0.717) is 0 Å². The number of hydrogen-bond donors (Lipinski definition) is 2. The molecule has 1 aromatic heterocycles. The number of hydrogen-bond acceptors (Lipinski definition) is 3. The van der Waals surface area contributed by atoms with Gasteiger partial charge in [-0.05, 0) is 30.7 Å². The van der Waals surface area contributed by atoms with Crippen LogP contribution < -0.4 is 5.73 Å². The smallest absolute Gasteiger partial charge is 0.171 e. The lowest BCUT2D eigenvalue weighted by molar-refractivity contribution is 0.797. The van der Waals surface area contributed by atoms with Gasteiger partial charge in [-0.2, -0.15) is 0 Å². The third-order valence-electron chi connectivity index (χ3n) is 2.98. The summed E-state index contributed by atoms with van der Waals surface area (Å²) in [6.45, 7) is 2.00. The minimum Gasteiger partial charge on any atom is -0.333 e. The van der Waals surface area contributed by atoms with Crippen molar-refractivity contribution in [2.24, 2.45) is 5.73 Å². The van der Waals surface area contributed by atoms with Gasteiger partial charge in [0.1, 0.15) is 0 Å². The number of fused-ring (bicyclic) bond motifs is 1. The molecule has 0 amide bonds. The molecule has 19 heavy (non-hydrogen) atoms. The van der Waals surface area contributed by atoms with Crippen LogP contribution in [0.3, 0.4) is 0 Å². The van der Waals surface area contributed by atoms with Gasteiger partial charge in [0.2, 0.25) is 0 Å². The number of nitrogens with zero attached hydrogens (tertiary/aromatic N) is 1. The lowest BCUT2D eigenvalue weighted by Gasteiger charge is -2.10.